The molecule has 0 radical (unpaired) electrons. The number of halogens is 2. The van der Waals surface area contributed by atoms with Crippen LogP contribution in [0.1, 0.15) is 17.4 Å². The lowest BCUT2D eigenvalue weighted by atomic mass is 10.1. The topological polar surface area (TPSA) is 35.2 Å². The molecular formula is C14H15BrFNOS. The standard InChI is InChI=1S/C14H15BrFNOS/c1-9(17)4-10-5-12(16)2-3-14(10)18-7-13-6-11(15)8-19-13/h2-3,5-6,8-9H,4,7,17H2,1H3. The highest BCUT2D eigenvalue weighted by Gasteiger charge is 2.08. The van der Waals surface area contributed by atoms with Crippen LogP contribution in [-0.2, 0) is 13.0 Å². The molecule has 0 bridgehead atoms. The van der Waals surface area contributed by atoms with E-state index in [4.69, 9.17) is 10.5 Å². The van der Waals surface area contributed by atoms with Crippen molar-refractivity contribution in [2.75, 3.05) is 0 Å². The molecule has 2 N–H and O–H groups in total. The summed E-state index contributed by atoms with van der Waals surface area (Å²) in [5.41, 5.74) is 6.58. The van der Waals surface area contributed by atoms with Crippen LogP contribution in [0, 0.1) is 5.82 Å². The smallest absolute Gasteiger partial charge is 0.123 e. The molecule has 1 heterocycles. The van der Waals surface area contributed by atoms with Gasteiger partial charge in [-0.3, -0.25) is 0 Å². The fraction of sp³-hybridized carbons (Fsp3) is 0.286. The zero-order chi connectivity index (χ0) is 13.8. The minimum atomic E-state index is -0.262. The zero-order valence-electron chi connectivity index (χ0n) is 10.5. The fourth-order valence-corrected chi connectivity index (χ4v) is 3.14. The van der Waals surface area contributed by atoms with Crippen molar-refractivity contribution in [3.8, 4) is 5.75 Å². The molecule has 2 rings (SSSR count). The van der Waals surface area contributed by atoms with Gasteiger partial charge in [0, 0.05) is 20.8 Å². The molecule has 1 atom stereocenters. The summed E-state index contributed by atoms with van der Waals surface area (Å²) in [5.74, 6) is 0.435. The van der Waals surface area contributed by atoms with Gasteiger partial charge in [-0.15, -0.1) is 11.3 Å². The summed E-state index contributed by atoms with van der Waals surface area (Å²) in [5, 5.41) is 2.01. The molecule has 5 heteroatoms. The van der Waals surface area contributed by atoms with E-state index in [2.05, 4.69) is 15.9 Å². The Morgan fingerprint density at radius 2 is 2.21 bits per heavy atom. The van der Waals surface area contributed by atoms with Crippen molar-refractivity contribution >= 4 is 27.3 Å². The molecule has 2 aromatic rings. The van der Waals surface area contributed by atoms with E-state index < -0.39 is 0 Å². The number of rotatable bonds is 5. The first kappa shape index (κ1) is 14.5. The van der Waals surface area contributed by atoms with Gasteiger partial charge in [-0.05, 0) is 59.1 Å². The van der Waals surface area contributed by atoms with E-state index in [1.165, 1.54) is 12.1 Å². The van der Waals surface area contributed by atoms with Crippen LogP contribution < -0.4 is 10.5 Å². The minimum Gasteiger partial charge on any atom is -0.488 e. The Bertz CT molecular complexity index is 556. The molecule has 0 aliphatic carbocycles. The summed E-state index contributed by atoms with van der Waals surface area (Å²) in [6.07, 6.45) is 0.598. The molecule has 1 unspecified atom stereocenters. The minimum absolute atomic E-state index is 0.0277. The van der Waals surface area contributed by atoms with E-state index in [-0.39, 0.29) is 11.9 Å². The summed E-state index contributed by atoms with van der Waals surface area (Å²) < 4.78 is 20.1. The Kier molecular flexibility index (Phi) is 4.96. The van der Waals surface area contributed by atoms with Gasteiger partial charge in [0.2, 0.25) is 0 Å². The first-order valence-corrected chi connectivity index (χ1v) is 7.61. The Hall–Kier alpha value is -0.910. The molecule has 19 heavy (non-hydrogen) atoms. The Labute approximate surface area is 124 Å². The molecule has 0 amide bonds. The van der Waals surface area contributed by atoms with E-state index in [1.807, 2.05) is 18.4 Å². The maximum absolute atomic E-state index is 13.3. The average Bonchev–Trinajstić information content (AvgIpc) is 2.73. The summed E-state index contributed by atoms with van der Waals surface area (Å²) in [7, 11) is 0. The van der Waals surface area contributed by atoms with Crippen molar-refractivity contribution < 1.29 is 9.13 Å². The zero-order valence-corrected chi connectivity index (χ0v) is 12.9. The fourth-order valence-electron chi connectivity index (χ4n) is 1.77. The third kappa shape index (κ3) is 4.30. The summed E-state index contributed by atoms with van der Waals surface area (Å²) in [6, 6.07) is 6.54. The third-order valence-electron chi connectivity index (χ3n) is 2.56. The largest absolute Gasteiger partial charge is 0.488 e. The van der Waals surface area contributed by atoms with Gasteiger partial charge in [-0.1, -0.05) is 0 Å². The van der Waals surface area contributed by atoms with E-state index in [9.17, 15) is 4.39 Å². The predicted octanol–water partition coefficient (Wildman–Crippen LogP) is 4.12. The molecule has 0 saturated heterocycles. The number of hydrogen-bond acceptors (Lipinski definition) is 3. The maximum Gasteiger partial charge on any atom is 0.123 e. The highest BCUT2D eigenvalue weighted by Crippen LogP contribution is 2.25. The second kappa shape index (κ2) is 6.50. The van der Waals surface area contributed by atoms with Crippen LogP contribution in [0.3, 0.4) is 0 Å². The normalized spacial score (nSPS) is 12.4. The number of benzene rings is 1. The molecule has 102 valence electrons. The van der Waals surface area contributed by atoms with Crippen LogP contribution >= 0.6 is 27.3 Å². The second-order valence-electron chi connectivity index (χ2n) is 4.45. The van der Waals surface area contributed by atoms with Gasteiger partial charge in [0.15, 0.2) is 0 Å². The Morgan fingerprint density at radius 1 is 1.42 bits per heavy atom. The van der Waals surface area contributed by atoms with E-state index >= 15 is 0 Å². The summed E-state index contributed by atoms with van der Waals surface area (Å²) in [4.78, 5) is 1.11. The van der Waals surface area contributed by atoms with Crippen molar-refractivity contribution in [1.29, 1.82) is 0 Å². The molecule has 0 aliphatic heterocycles. The molecule has 0 saturated carbocycles. The quantitative estimate of drug-likeness (QED) is 0.886. The van der Waals surface area contributed by atoms with Gasteiger partial charge in [0.1, 0.15) is 18.2 Å². The van der Waals surface area contributed by atoms with Crippen LogP contribution in [0.2, 0.25) is 0 Å². The molecule has 2 nitrogen and oxygen atoms in total. The molecule has 1 aromatic carbocycles. The first-order valence-electron chi connectivity index (χ1n) is 5.94. The highest BCUT2D eigenvalue weighted by atomic mass is 79.9. The number of nitrogens with two attached hydrogens (primary N) is 1. The van der Waals surface area contributed by atoms with Gasteiger partial charge in [0.25, 0.3) is 0 Å². The van der Waals surface area contributed by atoms with Gasteiger partial charge >= 0.3 is 0 Å². The van der Waals surface area contributed by atoms with Gasteiger partial charge in [-0.25, -0.2) is 4.39 Å². The van der Waals surface area contributed by atoms with Crippen molar-refractivity contribution in [3.05, 3.63) is 50.4 Å². The lowest BCUT2D eigenvalue weighted by molar-refractivity contribution is 0.305. The van der Waals surface area contributed by atoms with Crippen molar-refractivity contribution in [2.45, 2.75) is 26.0 Å². The number of hydrogen-bond donors (Lipinski definition) is 1. The van der Waals surface area contributed by atoms with E-state index in [0.29, 0.717) is 18.8 Å². The van der Waals surface area contributed by atoms with Crippen molar-refractivity contribution in [2.24, 2.45) is 5.73 Å². The molecule has 0 aliphatic rings. The Balaban J connectivity index is 2.10. The van der Waals surface area contributed by atoms with Crippen LogP contribution in [0.5, 0.6) is 5.75 Å². The molecule has 1 aromatic heterocycles. The van der Waals surface area contributed by atoms with Crippen molar-refractivity contribution in [3.63, 3.8) is 0 Å². The van der Waals surface area contributed by atoms with Crippen molar-refractivity contribution in [1.82, 2.24) is 0 Å². The SMILES string of the molecule is CC(N)Cc1cc(F)ccc1OCc1cc(Br)cs1. The van der Waals surface area contributed by atoms with Gasteiger partial charge < -0.3 is 10.5 Å². The van der Waals surface area contributed by atoms with Crippen LogP contribution in [0.15, 0.2) is 34.1 Å². The van der Waals surface area contributed by atoms with Crippen LogP contribution in [0.25, 0.3) is 0 Å². The van der Waals surface area contributed by atoms with E-state index in [1.54, 1.807) is 17.4 Å². The van der Waals surface area contributed by atoms with Crippen LogP contribution in [0.4, 0.5) is 4.39 Å². The predicted molar refractivity (Wildman–Crippen MR) is 80.1 cm³/mol. The van der Waals surface area contributed by atoms with Gasteiger partial charge in [-0.2, -0.15) is 0 Å². The van der Waals surface area contributed by atoms with E-state index in [0.717, 1.165) is 14.9 Å². The Morgan fingerprint density at radius 3 is 2.84 bits per heavy atom. The maximum atomic E-state index is 13.3. The molecule has 0 spiro atoms. The lowest BCUT2D eigenvalue weighted by Crippen LogP contribution is -2.18. The molecule has 0 fully saturated rings. The number of thiophene rings is 1. The molecular weight excluding hydrogens is 329 g/mol. The first-order chi connectivity index (χ1) is 9.04. The lowest BCUT2D eigenvalue weighted by Gasteiger charge is -2.12. The monoisotopic (exact) mass is 343 g/mol. The summed E-state index contributed by atoms with van der Waals surface area (Å²) in [6.45, 7) is 2.37. The second-order valence-corrected chi connectivity index (χ2v) is 6.36. The summed E-state index contributed by atoms with van der Waals surface area (Å²) >= 11 is 5.02. The highest BCUT2D eigenvalue weighted by molar-refractivity contribution is 9.10. The number of ether oxygens (including phenoxy) is 1. The third-order valence-corrected chi connectivity index (χ3v) is 4.23. The van der Waals surface area contributed by atoms with Gasteiger partial charge in [0.05, 0.1) is 0 Å². The average molecular weight is 344 g/mol. The van der Waals surface area contributed by atoms with Crippen LogP contribution in [-0.4, -0.2) is 6.04 Å².